The van der Waals surface area contributed by atoms with Crippen LogP contribution in [0.15, 0.2) is 0 Å². The molecule has 13 saturated heterocycles. The van der Waals surface area contributed by atoms with Crippen LogP contribution in [-0.4, -0.2) is 341 Å². The molecule has 0 radical (unpaired) electrons. The average molecular weight is 1060 g/mol. The zero-order chi connectivity index (χ0) is 52.1. The third-order valence-corrected chi connectivity index (χ3v) is 13.9. The van der Waals surface area contributed by atoms with Gasteiger partial charge in [0.25, 0.3) is 0 Å². The van der Waals surface area contributed by atoms with Crippen molar-refractivity contribution in [2.45, 2.75) is 190 Å². The normalized spacial score (nSPS) is 55.2. The maximum atomic E-state index is 11.7. The van der Waals surface area contributed by atoms with Crippen molar-refractivity contribution in [1.29, 1.82) is 0 Å². The van der Waals surface area contributed by atoms with Gasteiger partial charge in [-0.3, -0.25) is 0 Å². The zero-order valence-corrected chi connectivity index (χ0v) is 37.9. The number of fused-ring (bicyclic) bond motifs is 2. The number of ether oxygens (including phenoxy) is 14. The van der Waals surface area contributed by atoms with Crippen molar-refractivity contribution < 1.29 is 158 Å². The quantitative estimate of drug-likeness (QED) is 0.122. The molecule has 0 spiro atoms. The molecule has 0 aliphatic carbocycles. The van der Waals surface area contributed by atoms with E-state index in [9.17, 15) is 91.9 Å². The highest BCUT2D eigenvalue weighted by Crippen LogP contribution is 2.38. The van der Waals surface area contributed by atoms with Crippen molar-refractivity contribution >= 4 is 0 Å². The predicted octanol–water partition coefficient (Wildman–Crippen LogP) is -13.3. The lowest BCUT2D eigenvalue weighted by molar-refractivity contribution is -0.404. The lowest BCUT2D eigenvalue weighted by Crippen LogP contribution is -2.69. The lowest BCUT2D eigenvalue weighted by atomic mass is 9.94. The number of rotatable bonds is 5. The van der Waals surface area contributed by atoms with Crippen LogP contribution in [0.5, 0.6) is 0 Å². The summed E-state index contributed by atoms with van der Waals surface area (Å²) >= 11 is 0. The molecule has 72 heavy (non-hydrogen) atoms. The maximum Gasteiger partial charge on any atom is 0.187 e. The summed E-state index contributed by atoms with van der Waals surface area (Å²) < 4.78 is 81.3. The lowest BCUT2D eigenvalue weighted by Gasteiger charge is -2.50. The Morgan fingerprint density at radius 1 is 0.292 bits per heavy atom. The van der Waals surface area contributed by atoms with E-state index in [1.807, 2.05) is 0 Å². The zero-order valence-electron chi connectivity index (χ0n) is 37.9. The smallest absolute Gasteiger partial charge is 0.187 e. The maximum absolute atomic E-state index is 11.7. The number of hydrogen-bond donors (Lipinski definition) is 18. The van der Waals surface area contributed by atoms with Crippen molar-refractivity contribution in [2.24, 2.45) is 0 Å². The van der Waals surface area contributed by atoms with Gasteiger partial charge in [-0.25, -0.2) is 0 Å². The second kappa shape index (κ2) is 23.8. The van der Waals surface area contributed by atoms with Gasteiger partial charge in [0.05, 0.1) is 59.5 Å². The molecular formula is C40H66O32. The van der Waals surface area contributed by atoms with Gasteiger partial charge in [0.2, 0.25) is 0 Å². The van der Waals surface area contributed by atoms with E-state index in [1.165, 1.54) is 0 Å². The Balaban J connectivity index is 1.20. The summed E-state index contributed by atoms with van der Waals surface area (Å²) in [5.74, 6) is 0. The van der Waals surface area contributed by atoms with Gasteiger partial charge in [0, 0.05) is 0 Å². The standard InChI is InChI=1S/C40H66O32/c41-1-10-28-18(48)24(54)36(63-10)71-32-14-5-59-8-40(58,7-45)9-60-6-15-33(21(51)27(57)39(66-15)69-30-12(3-43)61-34(67-28)22(52)16(30)46)72-37-25(55)19(49)29(11(2-42)64-37)68-35-23(53)17(47)31(13(4-44)62-35)70-38(65-14)26(56)20(32)50/h10-39,41-58H,1-9H2/t10-,11-,12-,13-,14-,15-,16-,17?,18-,19?,20-,21-,22-,23-,24-,25-,26-,27-,28-,29-,30-,31-,32-,33-,34-,35-,36-,37-,38-,39-,40?/m1/s1. The third kappa shape index (κ3) is 11.2. The van der Waals surface area contributed by atoms with Crippen molar-refractivity contribution in [3.05, 3.63) is 0 Å². The fourth-order valence-corrected chi connectivity index (χ4v) is 9.77. The van der Waals surface area contributed by atoms with E-state index in [0.717, 1.165) is 0 Å². The van der Waals surface area contributed by atoms with Crippen LogP contribution in [-0.2, 0) is 66.3 Å². The highest BCUT2D eigenvalue weighted by Gasteiger charge is 2.59. The molecule has 418 valence electrons. The summed E-state index contributed by atoms with van der Waals surface area (Å²) in [5.41, 5.74) is -2.36. The van der Waals surface area contributed by atoms with Gasteiger partial charge >= 0.3 is 0 Å². The van der Waals surface area contributed by atoms with Crippen LogP contribution in [0, 0.1) is 0 Å². The Morgan fingerprint density at radius 3 is 0.750 bits per heavy atom. The monoisotopic (exact) mass is 1060 g/mol. The molecule has 0 aromatic carbocycles. The molecule has 0 aromatic rings. The third-order valence-electron chi connectivity index (χ3n) is 13.9. The van der Waals surface area contributed by atoms with Crippen LogP contribution in [0.2, 0.25) is 0 Å². The highest BCUT2D eigenvalue weighted by molar-refractivity contribution is 5.01. The number of aliphatic hydroxyl groups is 18. The predicted molar refractivity (Wildman–Crippen MR) is 215 cm³/mol. The van der Waals surface area contributed by atoms with Crippen LogP contribution >= 0.6 is 0 Å². The van der Waals surface area contributed by atoms with Crippen molar-refractivity contribution in [2.75, 3.05) is 59.5 Å². The van der Waals surface area contributed by atoms with Crippen LogP contribution in [0.25, 0.3) is 0 Å². The Bertz CT molecular complexity index is 1580. The SMILES string of the molecule is OC[C@H]1O[C@@H]2O[C@H]3[C@H](O)[C@@H](O)[C@@H]4O[C@@H]3COCC(O)(CO)COC[C@H]3O[C@H](O[C@H]5[C@H](O)[C@@H](O)[C@@H](O[C@H]1[C@H](O)[C@H]2O)O[C@@H]5CO)[C@H](O)[C@@H](O)[C@@H]3O[C@H]1O[C@H](CO)[C@@H](O[C@H]2O[C@H](CO)[C@@H](O4)C(O)[C@H]2O)C(O)[C@H]1O. The molecule has 0 aromatic heterocycles. The van der Waals surface area contributed by atoms with Crippen LogP contribution < -0.4 is 0 Å². The molecule has 18 N–H and O–H groups in total. The Morgan fingerprint density at radius 2 is 0.514 bits per heavy atom. The van der Waals surface area contributed by atoms with E-state index in [-0.39, 0.29) is 0 Å². The van der Waals surface area contributed by atoms with Gasteiger partial charge in [-0.2, -0.15) is 0 Å². The second-order valence-electron chi connectivity index (χ2n) is 18.9. The van der Waals surface area contributed by atoms with Gasteiger partial charge in [0.1, 0.15) is 152 Å². The van der Waals surface area contributed by atoms with Crippen LogP contribution in [0.1, 0.15) is 0 Å². The molecule has 32 heteroatoms. The van der Waals surface area contributed by atoms with E-state index < -0.39 is 249 Å². The number of hydrogen-bond acceptors (Lipinski definition) is 32. The van der Waals surface area contributed by atoms with E-state index in [1.54, 1.807) is 0 Å². The minimum Gasteiger partial charge on any atom is -0.394 e. The highest BCUT2D eigenvalue weighted by atomic mass is 16.8. The van der Waals surface area contributed by atoms with Crippen molar-refractivity contribution in [1.82, 2.24) is 0 Å². The molecule has 13 aliphatic rings. The average Bonchev–Trinajstić information content (AvgIpc) is 3.36. The summed E-state index contributed by atoms with van der Waals surface area (Å²) in [6.45, 7) is -8.41. The Hall–Kier alpha value is -1.28. The summed E-state index contributed by atoms with van der Waals surface area (Å²) in [6, 6.07) is 0. The molecule has 12 bridgehead atoms. The molecule has 13 heterocycles. The molecule has 3 unspecified atom stereocenters. The molecular weight excluding hydrogens is 992 g/mol. The minimum absolute atomic E-state index is 0.778. The van der Waals surface area contributed by atoms with Crippen LogP contribution in [0.3, 0.4) is 0 Å². The summed E-state index contributed by atoms with van der Waals surface area (Å²) in [7, 11) is 0. The largest absolute Gasteiger partial charge is 0.394 e. The Kier molecular flexibility index (Phi) is 18.8. The molecule has 13 fully saturated rings. The summed E-state index contributed by atoms with van der Waals surface area (Å²) in [4.78, 5) is 0. The van der Waals surface area contributed by atoms with E-state index in [2.05, 4.69) is 0 Å². The Labute approximate surface area is 407 Å². The van der Waals surface area contributed by atoms with E-state index >= 15 is 0 Å². The first-order valence-corrected chi connectivity index (χ1v) is 23.2. The van der Waals surface area contributed by atoms with Crippen LogP contribution in [0.4, 0.5) is 0 Å². The fraction of sp³-hybridized carbons (Fsp3) is 1.00. The molecule has 31 atom stereocenters. The van der Waals surface area contributed by atoms with Gasteiger partial charge in [-0.15, -0.1) is 0 Å². The van der Waals surface area contributed by atoms with Crippen molar-refractivity contribution in [3.63, 3.8) is 0 Å². The first-order valence-electron chi connectivity index (χ1n) is 23.2. The van der Waals surface area contributed by atoms with E-state index in [4.69, 9.17) is 66.3 Å². The van der Waals surface area contributed by atoms with Gasteiger partial charge in [-0.05, 0) is 0 Å². The minimum atomic E-state index is -2.36. The molecule has 13 rings (SSSR count). The second-order valence-corrected chi connectivity index (χ2v) is 18.9. The number of aliphatic hydroxyl groups excluding tert-OH is 17. The first-order chi connectivity index (χ1) is 34.3. The summed E-state index contributed by atoms with van der Waals surface area (Å²) in [6.07, 6.45) is -59.6. The molecule has 32 nitrogen and oxygen atoms in total. The van der Waals surface area contributed by atoms with Gasteiger partial charge in [-0.1, -0.05) is 0 Å². The fourth-order valence-electron chi connectivity index (χ4n) is 9.77. The molecule has 13 aliphatic heterocycles. The van der Waals surface area contributed by atoms with Crippen molar-refractivity contribution in [3.8, 4) is 0 Å². The topological polar surface area (TPSA) is 493 Å². The molecule has 0 saturated carbocycles. The van der Waals surface area contributed by atoms with Gasteiger partial charge < -0.3 is 158 Å². The molecule has 0 amide bonds. The van der Waals surface area contributed by atoms with Gasteiger partial charge in [0.15, 0.2) is 37.7 Å². The summed E-state index contributed by atoms with van der Waals surface area (Å²) in [5, 5.41) is 201. The first kappa shape index (κ1) is 56.9. The van der Waals surface area contributed by atoms with E-state index in [0.29, 0.717) is 0 Å².